The number of hydrogen-bond donors (Lipinski definition) is 3. The minimum Gasteiger partial charge on any atom is -0.366 e. The van der Waals surface area contributed by atoms with Crippen molar-refractivity contribution in [2.24, 2.45) is 28.5 Å². The predicted molar refractivity (Wildman–Crippen MR) is 116 cm³/mol. The zero-order valence-corrected chi connectivity index (χ0v) is 17.4. The van der Waals surface area contributed by atoms with Crippen molar-refractivity contribution in [3.05, 3.63) is 46.2 Å². The number of primary amides is 1. The van der Waals surface area contributed by atoms with Gasteiger partial charge in [0.05, 0.1) is 11.4 Å². The van der Waals surface area contributed by atoms with E-state index in [4.69, 9.17) is 16.1 Å². The average molecular weight is 395 g/mol. The van der Waals surface area contributed by atoms with Gasteiger partial charge in [0.1, 0.15) is 0 Å². The van der Waals surface area contributed by atoms with E-state index in [0.717, 1.165) is 41.4 Å². The second-order valence-corrected chi connectivity index (χ2v) is 8.37. The molecule has 1 aliphatic heterocycles. The van der Waals surface area contributed by atoms with Gasteiger partial charge in [-0.15, -0.1) is 0 Å². The summed E-state index contributed by atoms with van der Waals surface area (Å²) in [6.07, 6.45) is 4.30. The van der Waals surface area contributed by atoms with E-state index in [1.54, 1.807) is 18.2 Å². The minimum absolute atomic E-state index is 0.214. The van der Waals surface area contributed by atoms with Crippen LogP contribution in [0.15, 0.2) is 34.5 Å². The molecule has 1 heterocycles. The van der Waals surface area contributed by atoms with Crippen LogP contribution in [0.2, 0.25) is 0 Å². The molecule has 1 fully saturated rings. The summed E-state index contributed by atoms with van der Waals surface area (Å²) in [7, 11) is 0. The monoisotopic (exact) mass is 394 g/mol. The molecule has 0 spiro atoms. The number of nitrogens with zero attached hydrogens (tertiary/aromatic N) is 1. The maximum atomic E-state index is 12.9. The van der Waals surface area contributed by atoms with E-state index in [1.165, 1.54) is 12.6 Å². The van der Waals surface area contributed by atoms with Gasteiger partial charge in [-0.1, -0.05) is 13.8 Å². The van der Waals surface area contributed by atoms with Gasteiger partial charge < -0.3 is 16.5 Å². The molecule has 0 bridgehead atoms. The Morgan fingerprint density at radius 2 is 2.10 bits per heavy atom. The van der Waals surface area contributed by atoms with Gasteiger partial charge in [-0.3, -0.25) is 14.6 Å². The van der Waals surface area contributed by atoms with E-state index in [2.05, 4.69) is 19.2 Å². The van der Waals surface area contributed by atoms with Crippen molar-refractivity contribution < 1.29 is 9.59 Å². The molecule has 0 saturated heterocycles. The number of hydrogen-bond acceptors (Lipinski definition) is 4. The van der Waals surface area contributed by atoms with E-state index in [-0.39, 0.29) is 5.91 Å². The number of aliphatic imine (C=N–C) groups is 1. The highest BCUT2D eigenvalue weighted by atomic mass is 16.2. The highest BCUT2D eigenvalue weighted by molar-refractivity contribution is 6.11. The third-order valence-electron chi connectivity index (χ3n) is 6.49. The lowest BCUT2D eigenvalue weighted by Gasteiger charge is -2.40. The number of fused-ring (bicyclic) bond motifs is 1. The lowest BCUT2D eigenvalue weighted by molar-refractivity contribution is 0.0961. The van der Waals surface area contributed by atoms with Crippen LogP contribution in [-0.2, 0) is 6.42 Å². The molecule has 29 heavy (non-hydrogen) atoms. The Morgan fingerprint density at radius 3 is 2.72 bits per heavy atom. The third-order valence-corrected chi connectivity index (χ3v) is 6.49. The summed E-state index contributed by atoms with van der Waals surface area (Å²) in [4.78, 5) is 29.2. The molecule has 6 nitrogen and oxygen atoms in total. The number of carbonyl (C=O) groups is 2. The first-order valence-electron chi connectivity index (χ1n) is 10.3. The van der Waals surface area contributed by atoms with Crippen LogP contribution < -0.4 is 11.1 Å². The van der Waals surface area contributed by atoms with Gasteiger partial charge in [-0.25, -0.2) is 0 Å². The van der Waals surface area contributed by atoms with Gasteiger partial charge in [-0.05, 0) is 73.3 Å². The fraction of sp³-hybridized carbons (Fsp3) is 0.478. The van der Waals surface area contributed by atoms with Crippen LogP contribution in [0.3, 0.4) is 0 Å². The molecule has 3 unspecified atom stereocenters. The maximum absolute atomic E-state index is 12.9. The number of benzene rings is 1. The Hall–Kier alpha value is -2.76. The van der Waals surface area contributed by atoms with Crippen molar-refractivity contribution in [2.45, 2.75) is 46.5 Å². The van der Waals surface area contributed by atoms with E-state index in [9.17, 15) is 9.59 Å². The van der Waals surface area contributed by atoms with Crippen LogP contribution in [0.4, 0.5) is 0 Å². The van der Waals surface area contributed by atoms with Crippen LogP contribution in [0.5, 0.6) is 0 Å². The minimum atomic E-state index is -0.497. The topological polar surface area (TPSA) is 108 Å². The molecule has 1 aromatic carbocycles. The third kappa shape index (κ3) is 4.47. The molecule has 0 radical (unpaired) electrons. The van der Waals surface area contributed by atoms with Crippen molar-refractivity contribution in [3.63, 3.8) is 0 Å². The van der Waals surface area contributed by atoms with Crippen LogP contribution in [-0.4, -0.2) is 30.3 Å². The highest BCUT2D eigenvalue weighted by Gasteiger charge is 2.34. The molecular weight excluding hydrogens is 364 g/mol. The number of rotatable bonds is 6. The van der Waals surface area contributed by atoms with Crippen LogP contribution in [0.25, 0.3) is 0 Å². The molecule has 154 valence electrons. The number of nitrogens with one attached hydrogen (secondary N) is 2. The Labute approximate surface area is 172 Å². The van der Waals surface area contributed by atoms with Crippen LogP contribution in [0, 0.1) is 23.2 Å². The van der Waals surface area contributed by atoms with Crippen molar-refractivity contribution in [3.8, 4) is 0 Å². The summed E-state index contributed by atoms with van der Waals surface area (Å²) in [5.41, 5.74) is 9.71. The lowest BCUT2D eigenvalue weighted by atomic mass is 9.67. The number of allylic oxidation sites excluding steroid dienone is 2. The summed E-state index contributed by atoms with van der Waals surface area (Å²) in [5.74, 6) is 1.26. The first-order chi connectivity index (χ1) is 13.8. The van der Waals surface area contributed by atoms with E-state index >= 15 is 0 Å². The van der Waals surface area contributed by atoms with Crippen molar-refractivity contribution >= 4 is 23.7 Å². The number of carbonyl (C=O) groups excluding carboxylic acids is 2. The van der Waals surface area contributed by atoms with Gasteiger partial charge in [0.15, 0.2) is 0 Å². The second kappa shape index (κ2) is 8.72. The van der Waals surface area contributed by atoms with E-state index in [0.29, 0.717) is 35.8 Å². The molecule has 1 aliphatic carbocycles. The van der Waals surface area contributed by atoms with Crippen molar-refractivity contribution in [1.29, 1.82) is 5.41 Å². The summed E-state index contributed by atoms with van der Waals surface area (Å²) in [6.45, 7) is 7.27. The number of nitrogens with two attached hydrogens (primary N) is 1. The van der Waals surface area contributed by atoms with Gasteiger partial charge in [-0.2, -0.15) is 0 Å². The number of amides is 2. The van der Waals surface area contributed by atoms with E-state index in [1.807, 2.05) is 6.92 Å². The molecule has 4 N–H and O–H groups in total. The Bertz CT molecular complexity index is 900. The molecule has 6 heteroatoms. The standard InChI is InChI=1S/C23H30N4O2/c1-13-4-5-16-11-17(22(25)28)6-7-19(16)23(29)27-21(13)20(8-9-24)26-12-18-10-14(2)15(18)3/h6-7,9,11,14-15,18,24H,4-5,8,10,12H2,1-3H3,(H2,25,28)(H,27,29). The molecule has 3 atom stereocenters. The molecule has 1 saturated carbocycles. The fourth-order valence-electron chi connectivity index (χ4n) is 4.21. The predicted octanol–water partition coefficient (Wildman–Crippen LogP) is 3.51. The van der Waals surface area contributed by atoms with Gasteiger partial charge in [0.25, 0.3) is 5.91 Å². The first kappa shape index (κ1) is 21.0. The molecule has 0 aromatic heterocycles. The summed E-state index contributed by atoms with van der Waals surface area (Å²) in [6, 6.07) is 4.96. The fourth-order valence-corrected chi connectivity index (χ4v) is 4.21. The van der Waals surface area contributed by atoms with Crippen molar-refractivity contribution in [2.75, 3.05) is 6.54 Å². The Morgan fingerprint density at radius 1 is 1.34 bits per heavy atom. The Kier molecular flexibility index (Phi) is 6.30. The summed E-state index contributed by atoms with van der Waals surface area (Å²) >= 11 is 0. The van der Waals surface area contributed by atoms with Crippen LogP contribution >= 0.6 is 0 Å². The lowest BCUT2D eigenvalue weighted by Crippen LogP contribution is -2.35. The van der Waals surface area contributed by atoms with Gasteiger partial charge >= 0.3 is 0 Å². The van der Waals surface area contributed by atoms with E-state index < -0.39 is 5.91 Å². The normalized spacial score (nSPS) is 24.7. The second-order valence-electron chi connectivity index (χ2n) is 8.37. The molecule has 2 aliphatic rings. The average Bonchev–Trinajstić information content (AvgIpc) is 2.70. The first-order valence-corrected chi connectivity index (χ1v) is 10.3. The van der Waals surface area contributed by atoms with Gasteiger partial charge in [0, 0.05) is 30.3 Å². The SMILES string of the molecule is CC1=C(C(CC=N)=NCC2CC(C)C2C)NC(=O)c2ccc(C(N)=O)cc2CC1. The number of aryl methyl sites for hydroxylation is 1. The molecule has 3 rings (SSSR count). The largest absolute Gasteiger partial charge is 0.366 e. The zero-order valence-electron chi connectivity index (χ0n) is 17.4. The quantitative estimate of drug-likeness (QED) is 0.642. The molecular formula is C23H30N4O2. The summed E-state index contributed by atoms with van der Waals surface area (Å²) in [5, 5.41) is 10.6. The Balaban J connectivity index is 1.87. The van der Waals surface area contributed by atoms with Gasteiger partial charge in [0.2, 0.25) is 5.91 Å². The molecule has 2 amide bonds. The van der Waals surface area contributed by atoms with Crippen LogP contribution in [0.1, 0.15) is 66.3 Å². The smallest absolute Gasteiger partial charge is 0.255 e. The molecule has 1 aromatic rings. The summed E-state index contributed by atoms with van der Waals surface area (Å²) < 4.78 is 0. The maximum Gasteiger partial charge on any atom is 0.255 e. The zero-order chi connectivity index (χ0) is 21.1. The van der Waals surface area contributed by atoms with Crippen molar-refractivity contribution in [1.82, 2.24) is 5.32 Å². The highest BCUT2D eigenvalue weighted by Crippen LogP contribution is 2.39.